The molecule has 1 unspecified atom stereocenters. The summed E-state index contributed by atoms with van der Waals surface area (Å²) in [5, 5.41) is 12.5. The number of fused-ring (bicyclic) bond motifs is 1. The number of aryl methyl sites for hydroxylation is 1. The Morgan fingerprint density at radius 3 is 3.04 bits per heavy atom. The number of hydrogen-bond donors (Lipinski definition) is 2. The smallest absolute Gasteiger partial charge is 0.387 e. The Kier molecular flexibility index (Phi) is 5.60. The number of alkyl halides is 2. The van der Waals surface area contributed by atoms with Crippen molar-refractivity contribution in [3.63, 3.8) is 0 Å². The van der Waals surface area contributed by atoms with Gasteiger partial charge in [-0.1, -0.05) is 12.1 Å². The van der Waals surface area contributed by atoms with E-state index in [9.17, 15) is 13.9 Å². The van der Waals surface area contributed by atoms with E-state index < -0.39 is 6.61 Å². The third kappa shape index (κ3) is 4.33. The number of rotatable bonds is 6. The summed E-state index contributed by atoms with van der Waals surface area (Å²) in [6.07, 6.45) is 10.1. The molecule has 0 fully saturated rings. The summed E-state index contributed by atoms with van der Waals surface area (Å²) >= 11 is 0. The van der Waals surface area contributed by atoms with Crippen molar-refractivity contribution in [1.29, 1.82) is 0 Å². The highest BCUT2D eigenvalue weighted by Gasteiger charge is 2.19. The Hall–Kier alpha value is -2.47. The summed E-state index contributed by atoms with van der Waals surface area (Å²) in [5.41, 5.74) is 3.73. The van der Waals surface area contributed by atoms with E-state index in [1.807, 2.05) is 12.3 Å². The van der Waals surface area contributed by atoms with Gasteiger partial charge in [0, 0.05) is 17.7 Å². The molecule has 2 N–H and O–H groups in total. The second-order valence-electron chi connectivity index (χ2n) is 5.93. The van der Waals surface area contributed by atoms with Crippen LogP contribution in [0.2, 0.25) is 0 Å². The zero-order valence-corrected chi connectivity index (χ0v) is 13.7. The first-order chi connectivity index (χ1) is 12.2. The summed E-state index contributed by atoms with van der Waals surface area (Å²) in [5.74, 6) is 0.422. The van der Waals surface area contributed by atoms with Crippen molar-refractivity contribution in [2.45, 2.75) is 38.4 Å². The standard InChI is InChI=1S/C19H20F2N2O2/c20-19(21)25-16-4-5-17-13(2-1-3-14(17)10-16)7-9-23-18-11-22-8-6-15(18)12-24/h4-11,13,19,23-24H,1-3,12H2/b9-7+. The number of halogens is 2. The largest absolute Gasteiger partial charge is 0.435 e. The topological polar surface area (TPSA) is 54.4 Å². The van der Waals surface area contributed by atoms with Crippen molar-refractivity contribution in [3.05, 3.63) is 65.6 Å². The van der Waals surface area contributed by atoms with E-state index in [0.29, 0.717) is 0 Å². The Bertz CT molecular complexity index is 750. The molecule has 3 rings (SSSR count). The lowest BCUT2D eigenvalue weighted by molar-refractivity contribution is -0.0499. The Balaban J connectivity index is 1.72. The summed E-state index contributed by atoms with van der Waals surface area (Å²) in [6.45, 7) is -2.86. The van der Waals surface area contributed by atoms with Crippen molar-refractivity contribution in [2.24, 2.45) is 0 Å². The van der Waals surface area contributed by atoms with Gasteiger partial charge in [0.25, 0.3) is 0 Å². The first kappa shape index (κ1) is 17.4. The molecule has 0 saturated heterocycles. The normalized spacial score (nSPS) is 16.9. The predicted octanol–water partition coefficient (Wildman–Crippen LogP) is 4.22. The first-order valence-electron chi connectivity index (χ1n) is 8.22. The van der Waals surface area contributed by atoms with Gasteiger partial charge in [0.1, 0.15) is 5.75 Å². The highest BCUT2D eigenvalue weighted by atomic mass is 19.3. The van der Waals surface area contributed by atoms with Crippen LogP contribution >= 0.6 is 0 Å². The van der Waals surface area contributed by atoms with Crippen molar-refractivity contribution in [1.82, 2.24) is 4.98 Å². The summed E-state index contributed by atoms with van der Waals surface area (Å²) in [6, 6.07) is 6.93. The number of pyridine rings is 1. The lowest BCUT2D eigenvalue weighted by Crippen LogP contribution is -2.10. The minimum Gasteiger partial charge on any atom is -0.435 e. The molecule has 6 heteroatoms. The van der Waals surface area contributed by atoms with Gasteiger partial charge < -0.3 is 15.2 Å². The van der Waals surface area contributed by atoms with Gasteiger partial charge in [-0.05, 0) is 54.8 Å². The van der Waals surface area contributed by atoms with Crippen molar-refractivity contribution in [3.8, 4) is 5.75 Å². The SMILES string of the molecule is OCc1ccncc1N/C=C/C1CCCc2cc(OC(F)F)ccc21. The molecule has 1 atom stereocenters. The summed E-state index contributed by atoms with van der Waals surface area (Å²) in [7, 11) is 0. The Morgan fingerprint density at radius 1 is 1.36 bits per heavy atom. The molecule has 132 valence electrons. The average molecular weight is 346 g/mol. The average Bonchev–Trinajstić information content (AvgIpc) is 2.61. The number of aliphatic hydroxyl groups is 1. The Labute approximate surface area is 145 Å². The molecule has 1 aliphatic rings. The number of nitrogens with one attached hydrogen (secondary N) is 1. The molecule has 1 aliphatic carbocycles. The second-order valence-corrected chi connectivity index (χ2v) is 5.93. The number of anilines is 1. The van der Waals surface area contributed by atoms with Gasteiger partial charge in [-0.2, -0.15) is 8.78 Å². The highest BCUT2D eigenvalue weighted by Crippen LogP contribution is 2.35. The van der Waals surface area contributed by atoms with E-state index >= 15 is 0 Å². The monoisotopic (exact) mass is 346 g/mol. The quantitative estimate of drug-likeness (QED) is 0.822. The zero-order chi connectivity index (χ0) is 17.6. The van der Waals surface area contributed by atoms with Gasteiger partial charge in [0.15, 0.2) is 0 Å². The lowest BCUT2D eigenvalue weighted by Gasteiger charge is -2.23. The number of benzene rings is 1. The molecule has 0 aliphatic heterocycles. The fraction of sp³-hybridized carbons (Fsp3) is 0.316. The number of hydrogen-bond acceptors (Lipinski definition) is 4. The van der Waals surface area contributed by atoms with Gasteiger partial charge in [-0.25, -0.2) is 0 Å². The van der Waals surface area contributed by atoms with Gasteiger partial charge >= 0.3 is 6.61 Å². The molecule has 4 nitrogen and oxygen atoms in total. The van der Waals surface area contributed by atoms with Crippen LogP contribution < -0.4 is 10.1 Å². The summed E-state index contributed by atoms with van der Waals surface area (Å²) < 4.78 is 29.2. The molecule has 1 aromatic carbocycles. The molecule has 0 saturated carbocycles. The molecule has 0 spiro atoms. The van der Waals surface area contributed by atoms with Crippen molar-refractivity contribution >= 4 is 5.69 Å². The van der Waals surface area contributed by atoms with Crippen LogP contribution in [-0.4, -0.2) is 16.7 Å². The van der Waals surface area contributed by atoms with E-state index in [-0.39, 0.29) is 18.3 Å². The maximum absolute atomic E-state index is 12.4. The van der Waals surface area contributed by atoms with E-state index in [1.54, 1.807) is 30.6 Å². The van der Waals surface area contributed by atoms with Crippen LogP contribution in [0.4, 0.5) is 14.5 Å². The van der Waals surface area contributed by atoms with E-state index in [0.717, 1.165) is 41.6 Å². The fourth-order valence-electron chi connectivity index (χ4n) is 3.15. The molecule has 2 aromatic rings. The zero-order valence-electron chi connectivity index (χ0n) is 13.7. The molecule has 1 aromatic heterocycles. The maximum Gasteiger partial charge on any atom is 0.387 e. The van der Waals surface area contributed by atoms with Gasteiger partial charge in [0.2, 0.25) is 0 Å². The van der Waals surface area contributed by atoms with Crippen LogP contribution in [0.3, 0.4) is 0 Å². The molecular formula is C19H20F2N2O2. The molecule has 0 amide bonds. The van der Waals surface area contributed by atoms with Crippen molar-refractivity contribution < 1.29 is 18.6 Å². The molecule has 25 heavy (non-hydrogen) atoms. The minimum atomic E-state index is -2.80. The third-order valence-corrected chi connectivity index (χ3v) is 4.35. The number of aliphatic hydroxyl groups excluding tert-OH is 1. The van der Waals surface area contributed by atoms with Crippen LogP contribution in [0.25, 0.3) is 0 Å². The summed E-state index contributed by atoms with van der Waals surface area (Å²) in [4.78, 5) is 4.05. The van der Waals surface area contributed by atoms with Crippen LogP contribution in [-0.2, 0) is 13.0 Å². The number of nitrogens with zero attached hydrogens (tertiary/aromatic N) is 1. The van der Waals surface area contributed by atoms with Crippen LogP contribution in [0.15, 0.2) is 48.9 Å². The van der Waals surface area contributed by atoms with E-state index in [1.165, 1.54) is 0 Å². The van der Waals surface area contributed by atoms with E-state index in [4.69, 9.17) is 0 Å². The van der Waals surface area contributed by atoms with E-state index in [2.05, 4.69) is 21.1 Å². The van der Waals surface area contributed by atoms with Gasteiger partial charge in [-0.3, -0.25) is 4.98 Å². The first-order valence-corrected chi connectivity index (χ1v) is 8.22. The van der Waals surface area contributed by atoms with Gasteiger partial charge in [0.05, 0.1) is 18.5 Å². The molecule has 0 bridgehead atoms. The Morgan fingerprint density at radius 2 is 2.24 bits per heavy atom. The second kappa shape index (κ2) is 8.07. The van der Waals surface area contributed by atoms with Crippen LogP contribution in [0.5, 0.6) is 5.75 Å². The molecule has 1 heterocycles. The van der Waals surface area contributed by atoms with Crippen LogP contribution in [0.1, 0.15) is 35.4 Å². The third-order valence-electron chi connectivity index (χ3n) is 4.35. The fourth-order valence-corrected chi connectivity index (χ4v) is 3.15. The lowest BCUT2D eigenvalue weighted by atomic mass is 9.83. The van der Waals surface area contributed by atoms with Crippen LogP contribution in [0, 0.1) is 0 Å². The minimum absolute atomic E-state index is 0.0577. The highest BCUT2D eigenvalue weighted by molar-refractivity contribution is 5.51. The molecular weight excluding hydrogens is 326 g/mol. The predicted molar refractivity (Wildman–Crippen MR) is 91.7 cm³/mol. The number of ether oxygens (including phenoxy) is 1. The molecule has 0 radical (unpaired) electrons. The van der Waals surface area contributed by atoms with Gasteiger partial charge in [-0.15, -0.1) is 0 Å². The van der Waals surface area contributed by atoms with Crippen molar-refractivity contribution in [2.75, 3.05) is 5.32 Å². The number of aromatic nitrogens is 1. The maximum atomic E-state index is 12.4. The number of allylic oxidation sites excluding steroid dienone is 1.